The lowest BCUT2D eigenvalue weighted by Gasteiger charge is -2.19. The predicted molar refractivity (Wildman–Crippen MR) is 91.3 cm³/mol. The minimum absolute atomic E-state index is 0.109. The molecule has 0 aliphatic rings. The Morgan fingerprint density at radius 2 is 2.24 bits per heavy atom. The van der Waals surface area contributed by atoms with Crippen LogP contribution in [0.25, 0.3) is 0 Å². The van der Waals surface area contributed by atoms with E-state index >= 15 is 0 Å². The molecule has 0 bridgehead atoms. The fourth-order valence-corrected chi connectivity index (χ4v) is 3.98. The molecule has 1 N–H and O–H groups in total. The van der Waals surface area contributed by atoms with Crippen molar-refractivity contribution in [2.45, 2.75) is 39.8 Å². The zero-order valence-electron chi connectivity index (χ0n) is 12.9. The zero-order chi connectivity index (χ0) is 15.4. The van der Waals surface area contributed by atoms with Crippen LogP contribution < -0.4 is 10.1 Å². The van der Waals surface area contributed by atoms with E-state index in [9.17, 15) is 0 Å². The molecule has 1 unspecified atom stereocenters. The third kappa shape index (κ3) is 3.49. The number of aromatic nitrogens is 2. The molecule has 2 aromatic heterocycles. The largest absolute Gasteiger partial charge is 0.493 e. The first kappa shape index (κ1) is 16.5. The van der Waals surface area contributed by atoms with Crippen LogP contribution >= 0.6 is 27.3 Å². The standard InChI is InChI=1S/C15H22BrN3OS/c1-5-7-17-13(12-8-10(3)15(16)21-12)14-11(20-4)9-18-19(14)6-2/h8-9,13,17H,5-7H2,1-4H3. The Balaban J connectivity index is 2.47. The highest BCUT2D eigenvalue weighted by atomic mass is 79.9. The fourth-order valence-electron chi connectivity index (χ4n) is 2.32. The zero-order valence-corrected chi connectivity index (χ0v) is 15.3. The van der Waals surface area contributed by atoms with Gasteiger partial charge >= 0.3 is 0 Å². The van der Waals surface area contributed by atoms with Crippen LogP contribution in [0, 0.1) is 6.92 Å². The SMILES string of the molecule is CCCNC(c1cc(C)c(Br)s1)c1c(OC)cnn1CC. The number of thiophene rings is 1. The van der Waals surface area contributed by atoms with Gasteiger partial charge in [-0.2, -0.15) is 5.10 Å². The molecule has 0 aliphatic carbocycles. The Hall–Kier alpha value is -0.850. The Bertz CT molecular complexity index is 553. The number of nitrogens with zero attached hydrogens (tertiary/aromatic N) is 2. The lowest BCUT2D eigenvalue weighted by Crippen LogP contribution is -2.25. The highest BCUT2D eigenvalue weighted by Crippen LogP contribution is 2.37. The number of hydrogen-bond acceptors (Lipinski definition) is 4. The smallest absolute Gasteiger partial charge is 0.161 e. The van der Waals surface area contributed by atoms with Crippen LogP contribution in [0.15, 0.2) is 16.0 Å². The van der Waals surface area contributed by atoms with Gasteiger partial charge in [-0.15, -0.1) is 11.3 Å². The van der Waals surface area contributed by atoms with Gasteiger partial charge < -0.3 is 10.1 Å². The summed E-state index contributed by atoms with van der Waals surface area (Å²) in [4.78, 5) is 1.28. The molecule has 0 aromatic carbocycles. The Morgan fingerprint density at radius 1 is 1.48 bits per heavy atom. The van der Waals surface area contributed by atoms with Crippen LogP contribution in [-0.4, -0.2) is 23.4 Å². The summed E-state index contributed by atoms with van der Waals surface area (Å²) in [5.74, 6) is 0.840. The topological polar surface area (TPSA) is 39.1 Å². The van der Waals surface area contributed by atoms with Gasteiger partial charge in [0.2, 0.25) is 0 Å². The summed E-state index contributed by atoms with van der Waals surface area (Å²) in [6.45, 7) is 8.18. The summed E-state index contributed by atoms with van der Waals surface area (Å²) in [7, 11) is 1.70. The first-order valence-electron chi connectivity index (χ1n) is 7.21. The molecule has 116 valence electrons. The predicted octanol–water partition coefficient (Wildman–Crippen LogP) is 4.13. The maximum absolute atomic E-state index is 5.52. The van der Waals surface area contributed by atoms with Gasteiger partial charge in [-0.05, 0) is 54.4 Å². The normalized spacial score (nSPS) is 12.6. The Labute approximate surface area is 138 Å². The summed E-state index contributed by atoms with van der Waals surface area (Å²) in [6.07, 6.45) is 2.89. The first-order valence-corrected chi connectivity index (χ1v) is 8.82. The van der Waals surface area contributed by atoms with Crippen LogP contribution in [0.2, 0.25) is 0 Å². The summed E-state index contributed by atoms with van der Waals surface area (Å²) in [5.41, 5.74) is 2.36. The van der Waals surface area contributed by atoms with E-state index in [-0.39, 0.29) is 6.04 Å². The molecule has 0 fully saturated rings. The van der Waals surface area contributed by atoms with E-state index in [0.29, 0.717) is 0 Å². The number of rotatable bonds is 7. The van der Waals surface area contributed by atoms with Crippen molar-refractivity contribution in [3.05, 3.63) is 32.2 Å². The number of aryl methyl sites for hydroxylation is 2. The van der Waals surface area contributed by atoms with Gasteiger partial charge in [-0.3, -0.25) is 4.68 Å². The second-order valence-electron chi connectivity index (χ2n) is 4.91. The number of ether oxygens (including phenoxy) is 1. The second-order valence-corrected chi connectivity index (χ2v) is 7.31. The molecule has 1 atom stereocenters. The molecule has 0 radical (unpaired) electrons. The molecule has 6 heteroatoms. The van der Waals surface area contributed by atoms with E-state index in [4.69, 9.17) is 4.74 Å². The van der Waals surface area contributed by atoms with Crippen molar-refractivity contribution < 1.29 is 4.74 Å². The van der Waals surface area contributed by atoms with Gasteiger partial charge in [0.1, 0.15) is 5.69 Å². The van der Waals surface area contributed by atoms with E-state index < -0.39 is 0 Å². The van der Waals surface area contributed by atoms with Crippen molar-refractivity contribution in [3.63, 3.8) is 0 Å². The number of nitrogens with one attached hydrogen (secondary N) is 1. The van der Waals surface area contributed by atoms with Gasteiger partial charge in [-0.1, -0.05) is 6.92 Å². The maximum Gasteiger partial charge on any atom is 0.161 e. The van der Waals surface area contributed by atoms with E-state index in [2.05, 4.69) is 53.2 Å². The highest BCUT2D eigenvalue weighted by molar-refractivity contribution is 9.11. The van der Waals surface area contributed by atoms with Gasteiger partial charge in [0, 0.05) is 11.4 Å². The maximum atomic E-state index is 5.52. The van der Waals surface area contributed by atoms with E-state index in [1.54, 1.807) is 24.6 Å². The lowest BCUT2D eigenvalue weighted by molar-refractivity contribution is 0.399. The number of halogens is 1. The van der Waals surface area contributed by atoms with Crippen molar-refractivity contribution in [1.29, 1.82) is 0 Å². The third-order valence-electron chi connectivity index (χ3n) is 3.40. The minimum atomic E-state index is 0.109. The average molecular weight is 372 g/mol. The van der Waals surface area contributed by atoms with Gasteiger partial charge in [0.15, 0.2) is 5.75 Å². The average Bonchev–Trinajstić information content (AvgIpc) is 3.03. The van der Waals surface area contributed by atoms with Gasteiger partial charge in [0.05, 0.1) is 23.1 Å². The molecule has 0 spiro atoms. The molecule has 21 heavy (non-hydrogen) atoms. The van der Waals surface area contributed by atoms with E-state index in [0.717, 1.165) is 31.0 Å². The highest BCUT2D eigenvalue weighted by Gasteiger charge is 2.24. The van der Waals surface area contributed by atoms with Gasteiger partial charge in [0.25, 0.3) is 0 Å². The molecule has 2 rings (SSSR count). The number of hydrogen-bond donors (Lipinski definition) is 1. The summed E-state index contributed by atoms with van der Waals surface area (Å²) in [6, 6.07) is 2.34. The molecular formula is C15H22BrN3OS. The molecular weight excluding hydrogens is 350 g/mol. The second kappa shape index (κ2) is 7.42. The molecule has 0 aliphatic heterocycles. The van der Waals surface area contributed by atoms with Crippen LogP contribution in [0.1, 0.15) is 42.4 Å². The Morgan fingerprint density at radius 3 is 2.76 bits per heavy atom. The molecule has 0 amide bonds. The summed E-state index contributed by atoms with van der Waals surface area (Å²) >= 11 is 5.39. The number of methoxy groups -OCH3 is 1. The van der Waals surface area contributed by atoms with Crippen LogP contribution in [0.4, 0.5) is 0 Å². The van der Waals surface area contributed by atoms with Crippen molar-refractivity contribution in [2.24, 2.45) is 0 Å². The summed E-state index contributed by atoms with van der Waals surface area (Å²) < 4.78 is 8.71. The molecule has 0 saturated carbocycles. The van der Waals surface area contributed by atoms with Crippen molar-refractivity contribution in [2.75, 3.05) is 13.7 Å². The molecule has 4 nitrogen and oxygen atoms in total. The van der Waals surface area contributed by atoms with Crippen LogP contribution in [0.5, 0.6) is 5.75 Å². The molecule has 0 saturated heterocycles. The van der Waals surface area contributed by atoms with Crippen molar-refractivity contribution in [1.82, 2.24) is 15.1 Å². The fraction of sp³-hybridized carbons (Fsp3) is 0.533. The minimum Gasteiger partial charge on any atom is -0.493 e. The molecule has 2 heterocycles. The summed E-state index contributed by atoms with van der Waals surface area (Å²) in [5, 5.41) is 8.06. The third-order valence-corrected chi connectivity index (χ3v) is 5.60. The van der Waals surface area contributed by atoms with Crippen molar-refractivity contribution >= 4 is 27.3 Å². The van der Waals surface area contributed by atoms with Crippen LogP contribution in [0.3, 0.4) is 0 Å². The Kier molecular flexibility index (Phi) is 5.84. The van der Waals surface area contributed by atoms with Gasteiger partial charge in [-0.25, -0.2) is 0 Å². The molecule has 2 aromatic rings. The van der Waals surface area contributed by atoms with E-state index in [1.807, 2.05) is 4.68 Å². The first-order chi connectivity index (χ1) is 10.1. The lowest BCUT2D eigenvalue weighted by atomic mass is 10.1. The van der Waals surface area contributed by atoms with E-state index in [1.165, 1.54) is 14.2 Å². The van der Waals surface area contributed by atoms with Crippen molar-refractivity contribution in [3.8, 4) is 5.75 Å². The monoisotopic (exact) mass is 371 g/mol. The quantitative estimate of drug-likeness (QED) is 0.794. The van der Waals surface area contributed by atoms with Crippen LogP contribution in [-0.2, 0) is 6.54 Å².